The average Bonchev–Trinajstić information content (AvgIpc) is 2.91. The maximum Gasteiger partial charge on any atom is 0.416 e. The summed E-state index contributed by atoms with van der Waals surface area (Å²) in [7, 11) is 0. The van der Waals surface area contributed by atoms with Crippen molar-refractivity contribution >= 4 is 23.5 Å². The van der Waals surface area contributed by atoms with Crippen LogP contribution in [0, 0.1) is 0 Å². The van der Waals surface area contributed by atoms with Gasteiger partial charge in [-0.2, -0.15) is 13.2 Å². The van der Waals surface area contributed by atoms with E-state index in [1.54, 1.807) is 30.3 Å². The predicted octanol–water partition coefficient (Wildman–Crippen LogP) is 4.05. The van der Waals surface area contributed by atoms with E-state index in [0.29, 0.717) is 5.69 Å². The molecule has 0 aliphatic carbocycles. The number of anilines is 1. The van der Waals surface area contributed by atoms with E-state index in [1.165, 1.54) is 6.08 Å². The lowest BCUT2D eigenvalue weighted by atomic mass is 10.1. The fourth-order valence-corrected chi connectivity index (χ4v) is 2.38. The molecule has 0 unspecified atom stereocenters. The number of Topliss-reactive ketones (excluding diaryl/α,β-unsaturated/α-hetero) is 1. The molecule has 0 amide bonds. The van der Waals surface area contributed by atoms with Gasteiger partial charge in [-0.15, -0.1) is 0 Å². The minimum Gasteiger partial charge on any atom is -0.477 e. The van der Waals surface area contributed by atoms with Gasteiger partial charge in [-0.05, 0) is 35.9 Å². The molecule has 138 valence electrons. The Morgan fingerprint density at radius 3 is 2.22 bits per heavy atom. The molecular formula is C19H12F3NO4. The summed E-state index contributed by atoms with van der Waals surface area (Å²) in [6.45, 7) is 0. The normalized spacial score (nSPS) is 15.8. The highest BCUT2D eigenvalue weighted by Crippen LogP contribution is 2.31. The molecule has 2 N–H and O–H groups in total. The Morgan fingerprint density at radius 1 is 1.04 bits per heavy atom. The Bertz CT molecular complexity index is 945. The molecule has 5 nitrogen and oxygen atoms in total. The molecule has 2 aromatic carbocycles. The van der Waals surface area contributed by atoms with Gasteiger partial charge in [0.25, 0.3) is 0 Å². The van der Waals surface area contributed by atoms with Crippen molar-refractivity contribution in [3.63, 3.8) is 0 Å². The van der Waals surface area contributed by atoms with Crippen molar-refractivity contribution in [2.45, 2.75) is 6.18 Å². The van der Waals surface area contributed by atoms with Crippen LogP contribution in [0.4, 0.5) is 18.9 Å². The molecule has 1 aliphatic heterocycles. The highest BCUT2D eigenvalue weighted by atomic mass is 19.4. The fraction of sp³-hybridized carbons (Fsp3) is 0.0526. The summed E-state index contributed by atoms with van der Waals surface area (Å²) in [5, 5.41) is 12.0. The minimum atomic E-state index is -4.48. The quantitative estimate of drug-likeness (QED) is 0.623. The summed E-state index contributed by atoms with van der Waals surface area (Å²) < 4.78 is 43.2. The largest absolute Gasteiger partial charge is 0.477 e. The van der Waals surface area contributed by atoms with Gasteiger partial charge in [0.2, 0.25) is 11.7 Å². The van der Waals surface area contributed by atoms with Crippen LogP contribution in [-0.4, -0.2) is 16.9 Å². The van der Waals surface area contributed by atoms with Crippen LogP contribution in [-0.2, 0) is 20.5 Å². The second-order valence-electron chi connectivity index (χ2n) is 5.56. The third-order valence-electron chi connectivity index (χ3n) is 3.67. The van der Waals surface area contributed by atoms with Crippen molar-refractivity contribution in [2.24, 2.45) is 0 Å². The van der Waals surface area contributed by atoms with Gasteiger partial charge in [0.05, 0.1) is 5.56 Å². The van der Waals surface area contributed by atoms with E-state index < -0.39 is 29.1 Å². The van der Waals surface area contributed by atoms with E-state index in [9.17, 15) is 27.9 Å². The summed E-state index contributed by atoms with van der Waals surface area (Å²) in [6.07, 6.45) is -3.29. The van der Waals surface area contributed by atoms with Crippen LogP contribution in [0.25, 0.3) is 6.08 Å². The maximum atomic E-state index is 12.6. The summed E-state index contributed by atoms with van der Waals surface area (Å²) in [5.41, 5.74) is -0.650. The van der Waals surface area contributed by atoms with E-state index in [1.807, 2.05) is 0 Å². The Morgan fingerprint density at radius 2 is 1.67 bits per heavy atom. The number of carbonyl (C=O) groups excluding carboxylic acids is 1. The van der Waals surface area contributed by atoms with E-state index in [4.69, 9.17) is 4.74 Å². The standard InChI is InChI=1S/C19H12F3NO4/c20-19(21,22)12-8-6-11(7-9-12)10-14-16(24)15(18(25)26)17(27-14)23-13-4-2-1-3-5-13/h1-10,23H,(H,25,26)/b14-10-. The molecule has 3 rings (SSSR count). The number of nitrogens with one attached hydrogen (secondary N) is 1. The summed E-state index contributed by atoms with van der Waals surface area (Å²) in [4.78, 5) is 23.7. The van der Waals surface area contributed by atoms with Crippen molar-refractivity contribution in [1.82, 2.24) is 0 Å². The number of ether oxygens (including phenoxy) is 1. The summed E-state index contributed by atoms with van der Waals surface area (Å²) >= 11 is 0. The Kier molecular flexibility index (Phi) is 4.72. The second kappa shape index (κ2) is 6.99. The summed E-state index contributed by atoms with van der Waals surface area (Å²) in [5.74, 6) is -2.91. The van der Waals surface area contributed by atoms with E-state index in [0.717, 1.165) is 24.3 Å². The molecule has 0 fully saturated rings. The monoisotopic (exact) mass is 375 g/mol. The number of allylic oxidation sites excluding steroid dienone is 1. The number of carboxylic acid groups (broad SMARTS) is 1. The highest BCUT2D eigenvalue weighted by molar-refractivity contribution is 6.26. The van der Waals surface area contributed by atoms with Crippen LogP contribution in [0.1, 0.15) is 11.1 Å². The lowest BCUT2D eigenvalue weighted by Crippen LogP contribution is -2.12. The first kappa shape index (κ1) is 18.2. The van der Waals surface area contributed by atoms with Gasteiger partial charge in [-0.3, -0.25) is 4.79 Å². The lowest BCUT2D eigenvalue weighted by Gasteiger charge is -2.08. The Hall–Kier alpha value is -3.55. The van der Waals surface area contributed by atoms with Gasteiger partial charge in [-0.1, -0.05) is 30.3 Å². The van der Waals surface area contributed by atoms with Gasteiger partial charge in [0.15, 0.2) is 11.3 Å². The first-order valence-corrected chi connectivity index (χ1v) is 7.67. The molecule has 0 radical (unpaired) electrons. The van der Waals surface area contributed by atoms with Crippen LogP contribution >= 0.6 is 0 Å². The predicted molar refractivity (Wildman–Crippen MR) is 90.2 cm³/mol. The van der Waals surface area contributed by atoms with Crippen LogP contribution in [0.2, 0.25) is 0 Å². The first-order valence-electron chi connectivity index (χ1n) is 7.67. The third kappa shape index (κ3) is 4.00. The molecule has 1 heterocycles. The average molecular weight is 375 g/mol. The van der Waals surface area contributed by atoms with Crippen molar-refractivity contribution < 1.29 is 32.6 Å². The number of ketones is 1. The number of benzene rings is 2. The Balaban J connectivity index is 1.87. The molecule has 1 aliphatic rings. The SMILES string of the molecule is O=C(O)C1=C(Nc2ccccc2)O/C(=C\c2ccc(C(F)(F)F)cc2)C1=O. The number of rotatable bonds is 4. The molecule has 0 spiro atoms. The minimum absolute atomic E-state index is 0.253. The molecule has 0 atom stereocenters. The first-order chi connectivity index (χ1) is 12.8. The number of aliphatic carboxylic acids is 1. The number of para-hydroxylation sites is 1. The van der Waals surface area contributed by atoms with Crippen molar-refractivity contribution in [2.75, 3.05) is 5.32 Å². The zero-order valence-electron chi connectivity index (χ0n) is 13.6. The number of carboxylic acids is 1. The smallest absolute Gasteiger partial charge is 0.416 e. The zero-order valence-corrected chi connectivity index (χ0v) is 13.6. The molecule has 27 heavy (non-hydrogen) atoms. The maximum absolute atomic E-state index is 12.6. The van der Waals surface area contributed by atoms with E-state index >= 15 is 0 Å². The molecular weight excluding hydrogens is 363 g/mol. The fourth-order valence-electron chi connectivity index (χ4n) is 2.38. The number of halogens is 3. The van der Waals surface area contributed by atoms with Gasteiger partial charge < -0.3 is 15.2 Å². The molecule has 0 saturated heterocycles. The molecule has 2 aromatic rings. The van der Waals surface area contributed by atoms with Crippen LogP contribution in [0.5, 0.6) is 0 Å². The van der Waals surface area contributed by atoms with E-state index in [-0.39, 0.29) is 17.2 Å². The van der Waals surface area contributed by atoms with Gasteiger partial charge in [0.1, 0.15) is 0 Å². The van der Waals surface area contributed by atoms with Crippen molar-refractivity contribution in [3.05, 3.63) is 82.9 Å². The number of alkyl halides is 3. The van der Waals surface area contributed by atoms with Gasteiger partial charge in [0, 0.05) is 5.69 Å². The van der Waals surface area contributed by atoms with Crippen molar-refractivity contribution in [1.29, 1.82) is 0 Å². The molecule has 0 aromatic heterocycles. The number of hydrogen-bond donors (Lipinski definition) is 2. The zero-order chi connectivity index (χ0) is 19.6. The second-order valence-corrected chi connectivity index (χ2v) is 5.56. The van der Waals surface area contributed by atoms with Crippen LogP contribution < -0.4 is 5.32 Å². The van der Waals surface area contributed by atoms with Crippen LogP contribution in [0.3, 0.4) is 0 Å². The van der Waals surface area contributed by atoms with Crippen molar-refractivity contribution in [3.8, 4) is 0 Å². The molecule has 8 heteroatoms. The van der Waals surface area contributed by atoms with E-state index in [2.05, 4.69) is 5.32 Å². The number of hydrogen-bond acceptors (Lipinski definition) is 4. The van der Waals surface area contributed by atoms with Gasteiger partial charge in [-0.25, -0.2) is 4.79 Å². The van der Waals surface area contributed by atoms with Crippen LogP contribution in [0.15, 0.2) is 71.8 Å². The Labute approximate surface area is 151 Å². The molecule has 0 bridgehead atoms. The number of carbonyl (C=O) groups is 2. The third-order valence-corrected chi connectivity index (χ3v) is 3.67. The molecule has 0 saturated carbocycles. The summed E-state index contributed by atoms with van der Waals surface area (Å²) in [6, 6.07) is 12.5. The highest BCUT2D eigenvalue weighted by Gasteiger charge is 2.36. The van der Waals surface area contributed by atoms with Gasteiger partial charge >= 0.3 is 12.1 Å². The topological polar surface area (TPSA) is 75.6 Å². The lowest BCUT2D eigenvalue weighted by molar-refractivity contribution is -0.137.